The molecule has 0 aliphatic heterocycles. The minimum absolute atomic E-state index is 0. The fourth-order valence-corrected chi connectivity index (χ4v) is 2.56. The van der Waals surface area contributed by atoms with E-state index >= 15 is 0 Å². The molecular weight excluding hydrogens is 313 g/mol. The molecule has 2 aromatic rings. The molecule has 1 saturated carbocycles. The van der Waals surface area contributed by atoms with Crippen LogP contribution in [-0.2, 0) is 4.79 Å². The van der Waals surface area contributed by atoms with Crippen LogP contribution in [0.25, 0.3) is 5.65 Å². The molecule has 6 nitrogen and oxygen atoms in total. The molecular formula is C13H19Cl2N5O. The van der Waals surface area contributed by atoms with Crippen molar-refractivity contribution in [2.45, 2.75) is 37.6 Å². The summed E-state index contributed by atoms with van der Waals surface area (Å²) in [7, 11) is 0. The topological polar surface area (TPSA) is 85.3 Å². The average molecular weight is 332 g/mol. The van der Waals surface area contributed by atoms with E-state index in [9.17, 15) is 4.79 Å². The smallest absolute Gasteiger partial charge is 0.246 e. The van der Waals surface area contributed by atoms with Gasteiger partial charge in [0.2, 0.25) is 11.9 Å². The van der Waals surface area contributed by atoms with Crippen LogP contribution in [0.1, 0.15) is 32.1 Å². The number of nitrogens with two attached hydrogens (primary N) is 1. The van der Waals surface area contributed by atoms with Crippen LogP contribution >= 0.6 is 24.8 Å². The predicted molar refractivity (Wildman–Crippen MR) is 86.1 cm³/mol. The van der Waals surface area contributed by atoms with Crippen molar-refractivity contribution in [3.8, 4) is 0 Å². The first-order valence-corrected chi connectivity index (χ1v) is 6.59. The number of hydrogen-bond donors (Lipinski definition) is 2. The van der Waals surface area contributed by atoms with Crippen molar-refractivity contribution in [3.63, 3.8) is 0 Å². The molecule has 0 saturated heterocycles. The zero-order valence-electron chi connectivity index (χ0n) is 11.5. The number of amides is 1. The van der Waals surface area contributed by atoms with Gasteiger partial charge in [-0.3, -0.25) is 14.5 Å². The van der Waals surface area contributed by atoms with Crippen molar-refractivity contribution < 1.29 is 4.79 Å². The Morgan fingerprint density at radius 2 is 1.90 bits per heavy atom. The highest BCUT2D eigenvalue weighted by atomic mass is 35.5. The number of nitrogens with one attached hydrogen (secondary N) is 1. The Labute approximate surface area is 135 Å². The number of pyridine rings is 1. The minimum atomic E-state index is -0.765. The average Bonchev–Trinajstić information content (AvgIpc) is 2.83. The van der Waals surface area contributed by atoms with Gasteiger partial charge in [-0.15, -0.1) is 35.0 Å². The van der Waals surface area contributed by atoms with Crippen molar-refractivity contribution in [2.24, 2.45) is 5.73 Å². The summed E-state index contributed by atoms with van der Waals surface area (Å²) in [5.41, 5.74) is 6.13. The molecule has 1 fully saturated rings. The van der Waals surface area contributed by atoms with E-state index in [-0.39, 0.29) is 30.7 Å². The van der Waals surface area contributed by atoms with Crippen LogP contribution in [0.3, 0.4) is 0 Å². The Kier molecular flexibility index (Phi) is 5.95. The van der Waals surface area contributed by atoms with Gasteiger partial charge in [-0.2, -0.15) is 0 Å². The summed E-state index contributed by atoms with van der Waals surface area (Å²) >= 11 is 0. The number of hydrogen-bond acceptors (Lipinski definition) is 4. The van der Waals surface area contributed by atoms with Gasteiger partial charge in [-0.1, -0.05) is 25.3 Å². The second-order valence-electron chi connectivity index (χ2n) is 5.12. The maximum Gasteiger partial charge on any atom is 0.246 e. The van der Waals surface area contributed by atoms with Crippen LogP contribution in [0.2, 0.25) is 0 Å². The van der Waals surface area contributed by atoms with Gasteiger partial charge in [0.1, 0.15) is 0 Å². The molecule has 116 valence electrons. The molecule has 1 amide bonds. The molecule has 0 bridgehead atoms. The van der Waals surface area contributed by atoms with Gasteiger partial charge in [0.15, 0.2) is 5.65 Å². The Hall–Kier alpha value is -1.37. The van der Waals surface area contributed by atoms with E-state index < -0.39 is 5.54 Å². The van der Waals surface area contributed by atoms with Gasteiger partial charge in [-0.05, 0) is 25.0 Å². The summed E-state index contributed by atoms with van der Waals surface area (Å²) in [5.74, 6) is 0.265. The zero-order valence-corrected chi connectivity index (χ0v) is 13.1. The van der Waals surface area contributed by atoms with Gasteiger partial charge < -0.3 is 5.73 Å². The predicted octanol–water partition coefficient (Wildman–Crippen LogP) is 2.17. The van der Waals surface area contributed by atoms with Gasteiger partial charge in [0, 0.05) is 6.20 Å². The number of anilines is 1. The molecule has 8 heteroatoms. The molecule has 0 atom stereocenters. The summed E-state index contributed by atoms with van der Waals surface area (Å²) in [5, 5.41) is 10.8. The summed E-state index contributed by atoms with van der Waals surface area (Å²) in [6, 6.07) is 5.58. The van der Waals surface area contributed by atoms with E-state index in [1.165, 1.54) is 0 Å². The molecule has 21 heavy (non-hydrogen) atoms. The van der Waals surface area contributed by atoms with E-state index in [2.05, 4.69) is 15.5 Å². The SMILES string of the molecule is Cl.Cl.NC1(C(=O)Nc2nnc3ccccn23)CCCCC1. The Morgan fingerprint density at radius 1 is 1.19 bits per heavy atom. The second-order valence-corrected chi connectivity index (χ2v) is 5.12. The van der Waals surface area contributed by atoms with Crippen LogP contribution in [0, 0.1) is 0 Å². The van der Waals surface area contributed by atoms with E-state index in [1.54, 1.807) is 4.40 Å². The summed E-state index contributed by atoms with van der Waals surface area (Å²) in [6.07, 6.45) is 6.44. The van der Waals surface area contributed by atoms with Crippen molar-refractivity contribution in [1.29, 1.82) is 0 Å². The lowest BCUT2D eigenvalue weighted by Gasteiger charge is -2.31. The fraction of sp³-hybridized carbons (Fsp3) is 0.462. The molecule has 0 spiro atoms. The fourth-order valence-electron chi connectivity index (χ4n) is 2.56. The molecule has 3 rings (SSSR count). The highest BCUT2D eigenvalue weighted by molar-refractivity contribution is 5.97. The number of halogens is 2. The van der Waals surface area contributed by atoms with Crippen LogP contribution in [0.4, 0.5) is 5.95 Å². The van der Waals surface area contributed by atoms with Gasteiger partial charge in [-0.25, -0.2) is 0 Å². The number of carbonyl (C=O) groups excluding carboxylic acids is 1. The third kappa shape index (κ3) is 3.45. The van der Waals surface area contributed by atoms with E-state index in [0.717, 1.165) is 32.1 Å². The van der Waals surface area contributed by atoms with Crippen LogP contribution < -0.4 is 11.1 Å². The molecule has 1 aliphatic rings. The maximum absolute atomic E-state index is 12.3. The zero-order chi connectivity index (χ0) is 13.3. The standard InChI is InChI=1S/C13H17N5O.2ClH/c14-13(7-3-1-4-8-13)11(19)15-12-17-16-10-6-2-5-9-18(10)12;;/h2,5-6,9H,1,3-4,7-8,14H2,(H,15,17,19);2*1H. The third-order valence-electron chi connectivity index (χ3n) is 3.74. The summed E-state index contributed by atoms with van der Waals surface area (Å²) in [6.45, 7) is 0. The lowest BCUT2D eigenvalue weighted by Crippen LogP contribution is -2.52. The number of aromatic nitrogens is 3. The van der Waals surface area contributed by atoms with Crippen molar-refractivity contribution in [3.05, 3.63) is 24.4 Å². The van der Waals surface area contributed by atoms with Crippen LogP contribution in [0.5, 0.6) is 0 Å². The summed E-state index contributed by atoms with van der Waals surface area (Å²) in [4.78, 5) is 12.3. The number of rotatable bonds is 2. The van der Waals surface area contributed by atoms with Gasteiger partial charge in [0.25, 0.3) is 0 Å². The molecule has 3 N–H and O–H groups in total. The highest BCUT2D eigenvalue weighted by Gasteiger charge is 2.35. The Morgan fingerprint density at radius 3 is 2.62 bits per heavy atom. The summed E-state index contributed by atoms with van der Waals surface area (Å²) < 4.78 is 1.74. The molecule has 0 aromatic carbocycles. The Balaban J connectivity index is 0.00000110. The third-order valence-corrected chi connectivity index (χ3v) is 3.74. The number of nitrogens with zero attached hydrogens (tertiary/aromatic N) is 3. The first-order valence-electron chi connectivity index (χ1n) is 6.59. The first-order chi connectivity index (χ1) is 9.19. The van der Waals surface area contributed by atoms with Crippen molar-refractivity contribution in [1.82, 2.24) is 14.6 Å². The number of fused-ring (bicyclic) bond motifs is 1. The molecule has 0 radical (unpaired) electrons. The van der Waals surface area contributed by atoms with Crippen molar-refractivity contribution in [2.75, 3.05) is 5.32 Å². The van der Waals surface area contributed by atoms with Crippen LogP contribution in [0.15, 0.2) is 24.4 Å². The van der Waals surface area contributed by atoms with Crippen LogP contribution in [-0.4, -0.2) is 26.0 Å². The largest absolute Gasteiger partial charge is 0.317 e. The first kappa shape index (κ1) is 17.7. The molecule has 2 heterocycles. The second kappa shape index (κ2) is 7.06. The van der Waals surface area contributed by atoms with Gasteiger partial charge in [0.05, 0.1) is 5.54 Å². The highest BCUT2D eigenvalue weighted by Crippen LogP contribution is 2.27. The Bertz CT molecular complexity index is 609. The van der Waals surface area contributed by atoms with Crippen molar-refractivity contribution >= 4 is 42.3 Å². The maximum atomic E-state index is 12.3. The normalized spacial score (nSPS) is 16.6. The quantitative estimate of drug-likeness (QED) is 0.883. The van der Waals surface area contributed by atoms with E-state index in [0.29, 0.717) is 11.6 Å². The van der Waals surface area contributed by atoms with E-state index in [4.69, 9.17) is 5.73 Å². The monoisotopic (exact) mass is 331 g/mol. The molecule has 1 aliphatic carbocycles. The minimum Gasteiger partial charge on any atom is -0.317 e. The molecule has 0 unspecified atom stereocenters. The lowest BCUT2D eigenvalue weighted by molar-refractivity contribution is -0.122. The molecule has 2 aromatic heterocycles. The van der Waals surface area contributed by atoms with Gasteiger partial charge >= 0.3 is 0 Å². The van der Waals surface area contributed by atoms with E-state index in [1.807, 2.05) is 24.4 Å². The lowest BCUT2D eigenvalue weighted by atomic mass is 9.82. The number of carbonyl (C=O) groups is 1.